The summed E-state index contributed by atoms with van der Waals surface area (Å²) in [5.74, 6) is 0.420. The van der Waals surface area contributed by atoms with Crippen molar-refractivity contribution in [2.75, 3.05) is 0 Å². The van der Waals surface area contributed by atoms with Gasteiger partial charge in [-0.15, -0.1) is 0 Å². The fourth-order valence-corrected chi connectivity index (χ4v) is 2.27. The molecule has 0 fully saturated rings. The molecule has 0 amide bonds. The Kier molecular flexibility index (Phi) is 5.65. The van der Waals surface area contributed by atoms with Crippen LogP contribution in [-0.2, 0) is 46.4 Å². The summed E-state index contributed by atoms with van der Waals surface area (Å²) in [5, 5.41) is 15.0. The number of ether oxygens (including phenoxy) is 1. The van der Waals surface area contributed by atoms with E-state index in [-0.39, 0.29) is 45.0 Å². The van der Waals surface area contributed by atoms with Crippen molar-refractivity contribution >= 4 is 15.9 Å². The molecule has 0 aliphatic heterocycles. The predicted octanol–water partition coefficient (Wildman–Crippen LogP) is 0.657. The van der Waals surface area contributed by atoms with Crippen LogP contribution in [0.25, 0.3) is 5.69 Å². The molecule has 3 rings (SSSR count). The largest absolute Gasteiger partial charge is 0.579 e. The van der Waals surface area contributed by atoms with E-state index in [1.54, 1.807) is 25.4 Å². The second-order valence-electron chi connectivity index (χ2n) is 4.19. The topological polar surface area (TPSA) is 88.9 Å². The first-order valence-electron chi connectivity index (χ1n) is 6.01. The number of halogens is 1. The van der Waals surface area contributed by atoms with Crippen molar-refractivity contribution in [1.29, 1.82) is 0 Å². The Morgan fingerprint density at radius 2 is 2.14 bits per heavy atom. The summed E-state index contributed by atoms with van der Waals surface area (Å²) in [6, 6.07) is 7.11. The van der Waals surface area contributed by atoms with Gasteiger partial charge in [0.05, 0.1) is 5.69 Å². The summed E-state index contributed by atoms with van der Waals surface area (Å²) in [4.78, 5) is 12.0. The van der Waals surface area contributed by atoms with Crippen molar-refractivity contribution < 1.29 is 37.4 Å². The van der Waals surface area contributed by atoms with Gasteiger partial charge in [0.15, 0.2) is 5.88 Å². The second-order valence-corrected chi connectivity index (χ2v) is 5.05. The molecule has 10 heteroatoms. The van der Waals surface area contributed by atoms with E-state index in [2.05, 4.69) is 36.6 Å². The molecule has 0 atom stereocenters. The van der Waals surface area contributed by atoms with Crippen molar-refractivity contribution in [2.45, 2.75) is 6.61 Å². The van der Waals surface area contributed by atoms with Gasteiger partial charge in [-0.25, -0.2) is 4.79 Å². The maximum atomic E-state index is 12.0. The van der Waals surface area contributed by atoms with E-state index >= 15 is 0 Å². The van der Waals surface area contributed by atoms with Crippen LogP contribution >= 0.6 is 15.9 Å². The number of aryl methyl sites for hydroxylation is 1. The molecule has 8 nitrogen and oxygen atoms in total. The zero-order chi connectivity index (χ0) is 14.8. The molecule has 1 radical (unpaired) electrons. The molecule has 1 aromatic carbocycles. The van der Waals surface area contributed by atoms with E-state index in [0.29, 0.717) is 11.6 Å². The molecule has 0 bridgehead atoms. The number of hydrogen-bond donors (Lipinski definition) is 0. The molecule has 0 saturated carbocycles. The summed E-state index contributed by atoms with van der Waals surface area (Å²) in [6.45, 7) is 0.221. The Hall–Kier alpha value is -1.32. The average Bonchev–Trinajstić information content (AvgIpc) is 3.09. The summed E-state index contributed by atoms with van der Waals surface area (Å²) < 4.78 is 8.73. The fourth-order valence-electron chi connectivity index (χ4n) is 1.80. The minimum Gasteiger partial charge on any atom is -0.579 e. The molecule has 2 heterocycles. The Labute approximate surface area is 158 Å². The van der Waals surface area contributed by atoms with Gasteiger partial charge in [-0.3, -0.25) is 0 Å². The fraction of sp³-hybridized carbons (Fsp3) is 0.167. The third kappa shape index (κ3) is 3.36. The van der Waals surface area contributed by atoms with Crippen molar-refractivity contribution in [3.8, 4) is 11.6 Å². The molecule has 22 heavy (non-hydrogen) atoms. The van der Waals surface area contributed by atoms with Crippen molar-refractivity contribution in [3.63, 3.8) is 0 Å². The van der Waals surface area contributed by atoms with E-state index in [1.807, 2.05) is 12.1 Å². The summed E-state index contributed by atoms with van der Waals surface area (Å²) >= 11 is 3.45. The van der Waals surface area contributed by atoms with Crippen LogP contribution in [0.3, 0.4) is 0 Å². The Balaban J connectivity index is 0.00000176. The molecule has 0 unspecified atom stereocenters. The molecular weight excluding hydrogens is 429 g/mol. The maximum absolute atomic E-state index is 12.0. The molecular formula is C12H10BrN6O2Y-. The number of benzene rings is 1. The van der Waals surface area contributed by atoms with Gasteiger partial charge < -0.3 is 14.9 Å². The molecule has 0 saturated heterocycles. The van der Waals surface area contributed by atoms with Gasteiger partial charge in [0.2, 0.25) is 0 Å². The zero-order valence-corrected chi connectivity index (χ0v) is 16.0. The van der Waals surface area contributed by atoms with E-state index in [9.17, 15) is 4.79 Å². The third-order valence-electron chi connectivity index (χ3n) is 2.85. The molecule has 2 aromatic heterocycles. The van der Waals surface area contributed by atoms with Crippen molar-refractivity contribution in [1.82, 2.24) is 30.0 Å². The molecule has 0 aliphatic rings. The van der Waals surface area contributed by atoms with Gasteiger partial charge in [0.1, 0.15) is 6.61 Å². The van der Waals surface area contributed by atoms with Gasteiger partial charge in [0.25, 0.3) is 0 Å². The Morgan fingerprint density at radius 3 is 2.77 bits per heavy atom. The van der Waals surface area contributed by atoms with Crippen LogP contribution in [0.5, 0.6) is 5.88 Å². The standard InChI is InChI=1S/C12H10BrN6O2.Y/c1-18-12(20)19(17-16-18)10-4-2-3-9(13)8(10)7-21-11-5-6-14-15-11;/h2-6H,7H2,1H3;/q-1;. The summed E-state index contributed by atoms with van der Waals surface area (Å²) in [7, 11) is 1.54. The van der Waals surface area contributed by atoms with Crippen LogP contribution in [0.1, 0.15) is 5.56 Å². The molecule has 0 aliphatic carbocycles. The van der Waals surface area contributed by atoms with E-state index < -0.39 is 0 Å². The van der Waals surface area contributed by atoms with Gasteiger partial charge >= 0.3 is 5.69 Å². The van der Waals surface area contributed by atoms with Crippen LogP contribution in [0.4, 0.5) is 0 Å². The predicted molar refractivity (Wildman–Crippen MR) is 76.2 cm³/mol. The first-order valence-corrected chi connectivity index (χ1v) is 6.80. The number of rotatable bonds is 4. The second kappa shape index (κ2) is 7.30. The molecule has 0 N–H and O–H groups in total. The minimum atomic E-state index is -0.331. The quantitative estimate of drug-likeness (QED) is 0.594. The van der Waals surface area contributed by atoms with Crippen LogP contribution in [0, 0.1) is 0 Å². The third-order valence-corrected chi connectivity index (χ3v) is 3.59. The van der Waals surface area contributed by atoms with E-state index in [1.165, 1.54) is 4.68 Å². The van der Waals surface area contributed by atoms with Crippen LogP contribution < -0.4 is 15.5 Å². The first kappa shape index (κ1) is 17.0. The Morgan fingerprint density at radius 1 is 1.32 bits per heavy atom. The van der Waals surface area contributed by atoms with Crippen molar-refractivity contribution in [2.24, 2.45) is 7.05 Å². The number of tetrazole rings is 1. The van der Waals surface area contributed by atoms with Gasteiger partial charge in [-0.05, 0) is 28.6 Å². The van der Waals surface area contributed by atoms with Crippen molar-refractivity contribution in [3.05, 3.63) is 51.0 Å². The minimum absolute atomic E-state index is 0. The monoisotopic (exact) mass is 438 g/mol. The number of nitrogens with zero attached hydrogens (tertiary/aromatic N) is 6. The van der Waals surface area contributed by atoms with E-state index in [0.717, 1.165) is 14.7 Å². The first-order chi connectivity index (χ1) is 10.2. The van der Waals surface area contributed by atoms with Gasteiger partial charge in [0, 0.05) is 49.8 Å². The van der Waals surface area contributed by atoms with Crippen LogP contribution in [0.2, 0.25) is 0 Å². The molecule has 3 aromatic rings. The summed E-state index contributed by atoms with van der Waals surface area (Å²) in [6.07, 6.45) is 1.55. The zero-order valence-electron chi connectivity index (χ0n) is 11.5. The normalized spacial score (nSPS) is 10.3. The average molecular weight is 439 g/mol. The maximum Gasteiger partial charge on any atom is 0.368 e. The van der Waals surface area contributed by atoms with Gasteiger partial charge in [-0.1, -0.05) is 22.0 Å². The van der Waals surface area contributed by atoms with Gasteiger partial charge in [-0.2, -0.15) is 15.6 Å². The van der Waals surface area contributed by atoms with E-state index in [4.69, 9.17) is 4.74 Å². The SMILES string of the molecule is Cn1nnn(-c2cccc(Br)c2COc2cc[n-]n2)c1=O.[Y]. The Bertz CT molecular complexity index is 813. The number of hydrogen-bond acceptors (Lipinski definition) is 5. The molecule has 0 spiro atoms. The number of aromatic nitrogens is 6. The molecule has 111 valence electrons. The smallest absolute Gasteiger partial charge is 0.368 e. The summed E-state index contributed by atoms with van der Waals surface area (Å²) in [5.41, 5.74) is 1.03. The van der Waals surface area contributed by atoms with Crippen LogP contribution in [-0.4, -0.2) is 24.9 Å². The van der Waals surface area contributed by atoms with Crippen LogP contribution in [0.15, 0.2) is 39.7 Å².